The maximum atomic E-state index is 12.2. The van der Waals surface area contributed by atoms with E-state index in [1.165, 1.54) is 22.7 Å². The molecule has 0 bridgehead atoms. The second-order valence-electron chi connectivity index (χ2n) is 4.34. The van der Waals surface area contributed by atoms with Gasteiger partial charge in [-0.2, -0.15) is 22.3 Å². The fourth-order valence-electron chi connectivity index (χ4n) is 1.67. The number of benzene rings is 1. The van der Waals surface area contributed by atoms with Gasteiger partial charge < -0.3 is 4.74 Å². The van der Waals surface area contributed by atoms with Crippen LogP contribution >= 0.6 is 0 Å². The Morgan fingerprint density at radius 1 is 1.30 bits per heavy atom. The third-order valence-electron chi connectivity index (χ3n) is 2.87. The molecule has 6 nitrogen and oxygen atoms in total. The molecule has 0 aliphatic carbocycles. The van der Waals surface area contributed by atoms with Gasteiger partial charge in [0.1, 0.15) is 5.75 Å². The molecule has 0 saturated heterocycles. The van der Waals surface area contributed by atoms with Crippen molar-refractivity contribution in [2.24, 2.45) is 0 Å². The average molecular weight is 297 g/mol. The number of hydrogen-bond donors (Lipinski definition) is 0. The zero-order valence-corrected chi connectivity index (χ0v) is 12.7. The van der Waals surface area contributed by atoms with Gasteiger partial charge in [0.25, 0.3) is 10.2 Å². The van der Waals surface area contributed by atoms with Crippen LogP contribution in [0.2, 0.25) is 0 Å². The third-order valence-corrected chi connectivity index (χ3v) is 4.75. The van der Waals surface area contributed by atoms with E-state index in [1.54, 1.807) is 19.2 Å². The summed E-state index contributed by atoms with van der Waals surface area (Å²) in [6.45, 7) is 0.428. The topological polar surface area (TPSA) is 73.6 Å². The molecular weight excluding hydrogens is 278 g/mol. The fourth-order valence-corrected chi connectivity index (χ4v) is 2.78. The summed E-state index contributed by atoms with van der Waals surface area (Å²) < 4.78 is 31.9. The molecule has 0 unspecified atom stereocenters. The number of nitrogens with zero attached hydrogens (tertiary/aromatic N) is 3. The predicted octanol–water partition coefficient (Wildman–Crippen LogP) is 1.22. The summed E-state index contributed by atoms with van der Waals surface area (Å²) in [5.41, 5.74) is 0.837. The van der Waals surface area contributed by atoms with Crippen LogP contribution in [-0.2, 0) is 16.8 Å². The molecule has 20 heavy (non-hydrogen) atoms. The molecule has 7 heteroatoms. The largest absolute Gasteiger partial charge is 0.497 e. The first kappa shape index (κ1) is 16.4. The van der Waals surface area contributed by atoms with Crippen molar-refractivity contribution in [2.45, 2.75) is 13.0 Å². The van der Waals surface area contributed by atoms with Crippen LogP contribution in [0.25, 0.3) is 0 Å². The molecule has 0 aromatic heterocycles. The Morgan fingerprint density at radius 2 is 2.00 bits per heavy atom. The van der Waals surface area contributed by atoms with Crippen molar-refractivity contribution in [2.75, 3.05) is 27.7 Å². The average Bonchev–Trinajstić information content (AvgIpc) is 2.44. The minimum Gasteiger partial charge on any atom is -0.497 e. The Hall–Kier alpha value is -1.62. The van der Waals surface area contributed by atoms with Gasteiger partial charge in [-0.05, 0) is 17.7 Å². The molecule has 1 rings (SSSR count). The van der Waals surface area contributed by atoms with E-state index in [2.05, 4.69) is 0 Å². The van der Waals surface area contributed by atoms with Crippen LogP contribution in [0.1, 0.15) is 12.0 Å². The maximum Gasteiger partial charge on any atom is 0.281 e. The van der Waals surface area contributed by atoms with Crippen molar-refractivity contribution >= 4 is 10.2 Å². The summed E-state index contributed by atoms with van der Waals surface area (Å²) in [6, 6.07) is 9.18. The predicted molar refractivity (Wildman–Crippen MR) is 76.2 cm³/mol. The minimum absolute atomic E-state index is 0.169. The van der Waals surface area contributed by atoms with E-state index in [9.17, 15) is 8.42 Å². The van der Waals surface area contributed by atoms with Crippen molar-refractivity contribution < 1.29 is 13.2 Å². The van der Waals surface area contributed by atoms with E-state index in [-0.39, 0.29) is 19.5 Å². The summed E-state index contributed by atoms with van der Waals surface area (Å²) in [4.78, 5) is 0. The van der Waals surface area contributed by atoms with Crippen LogP contribution in [0.3, 0.4) is 0 Å². The van der Waals surface area contributed by atoms with Gasteiger partial charge in [-0.15, -0.1) is 0 Å². The molecule has 0 amide bonds. The molecule has 1 aromatic rings. The Labute approximate surface area is 120 Å². The molecule has 0 atom stereocenters. The maximum absolute atomic E-state index is 12.2. The normalized spacial score (nSPS) is 11.6. The molecule has 0 fully saturated rings. The zero-order valence-electron chi connectivity index (χ0n) is 11.9. The van der Waals surface area contributed by atoms with Crippen LogP contribution in [-0.4, -0.2) is 44.8 Å². The lowest BCUT2D eigenvalue weighted by molar-refractivity contribution is 0.390. The van der Waals surface area contributed by atoms with Gasteiger partial charge in [0.2, 0.25) is 0 Å². The van der Waals surface area contributed by atoms with E-state index < -0.39 is 10.2 Å². The molecule has 0 heterocycles. The molecule has 1 aromatic carbocycles. The van der Waals surface area contributed by atoms with Gasteiger partial charge in [-0.25, -0.2) is 0 Å². The standard InChI is InChI=1S/C13H19N3O3S/c1-15(9-5-8-14)20(17,18)16(2)11-12-6-4-7-13(10-12)19-3/h4,6-7,10H,5,9,11H2,1-3H3. The van der Waals surface area contributed by atoms with E-state index in [4.69, 9.17) is 10.00 Å². The van der Waals surface area contributed by atoms with Crippen molar-refractivity contribution in [3.8, 4) is 11.8 Å². The van der Waals surface area contributed by atoms with Gasteiger partial charge in [-0.1, -0.05) is 12.1 Å². The van der Waals surface area contributed by atoms with E-state index >= 15 is 0 Å². The highest BCUT2D eigenvalue weighted by molar-refractivity contribution is 7.86. The fraction of sp³-hybridized carbons (Fsp3) is 0.462. The van der Waals surface area contributed by atoms with Crippen LogP contribution in [0.15, 0.2) is 24.3 Å². The van der Waals surface area contributed by atoms with E-state index in [0.29, 0.717) is 5.75 Å². The molecular formula is C13H19N3O3S. The van der Waals surface area contributed by atoms with Gasteiger partial charge in [0.05, 0.1) is 13.2 Å². The summed E-state index contributed by atoms with van der Waals surface area (Å²) >= 11 is 0. The van der Waals surface area contributed by atoms with Crippen LogP contribution in [0.4, 0.5) is 0 Å². The van der Waals surface area contributed by atoms with Crippen molar-refractivity contribution in [3.05, 3.63) is 29.8 Å². The monoisotopic (exact) mass is 297 g/mol. The summed E-state index contributed by atoms with van der Waals surface area (Å²) in [7, 11) is 0.989. The molecule has 0 spiro atoms. The van der Waals surface area contributed by atoms with E-state index in [1.807, 2.05) is 18.2 Å². The molecule has 110 valence electrons. The second-order valence-corrected chi connectivity index (χ2v) is 6.49. The van der Waals surface area contributed by atoms with Gasteiger partial charge in [0, 0.05) is 33.6 Å². The van der Waals surface area contributed by atoms with Crippen molar-refractivity contribution in [3.63, 3.8) is 0 Å². The van der Waals surface area contributed by atoms with Gasteiger partial charge in [0.15, 0.2) is 0 Å². The molecule has 0 N–H and O–H groups in total. The molecule has 0 aliphatic heterocycles. The Morgan fingerprint density at radius 3 is 2.60 bits per heavy atom. The van der Waals surface area contributed by atoms with Crippen LogP contribution < -0.4 is 4.74 Å². The quantitative estimate of drug-likeness (QED) is 0.758. The first-order valence-corrected chi connectivity index (χ1v) is 7.49. The van der Waals surface area contributed by atoms with Crippen LogP contribution in [0.5, 0.6) is 5.75 Å². The molecule has 0 radical (unpaired) electrons. The second kappa shape index (κ2) is 7.24. The number of nitriles is 1. The number of methoxy groups -OCH3 is 1. The lowest BCUT2D eigenvalue weighted by atomic mass is 10.2. The van der Waals surface area contributed by atoms with Crippen molar-refractivity contribution in [1.82, 2.24) is 8.61 Å². The lowest BCUT2D eigenvalue weighted by Gasteiger charge is -2.23. The highest BCUT2D eigenvalue weighted by atomic mass is 32.2. The lowest BCUT2D eigenvalue weighted by Crippen LogP contribution is -2.39. The first-order chi connectivity index (χ1) is 9.41. The Bertz CT molecular complexity index is 581. The summed E-state index contributed by atoms with van der Waals surface area (Å²) in [5, 5.41) is 8.51. The first-order valence-electron chi connectivity index (χ1n) is 6.09. The minimum atomic E-state index is -3.55. The Balaban J connectivity index is 2.78. The molecule has 0 aliphatic rings. The Kier molecular flexibility index (Phi) is 5.95. The van der Waals surface area contributed by atoms with Crippen LogP contribution in [0, 0.1) is 11.3 Å². The van der Waals surface area contributed by atoms with Gasteiger partial charge >= 0.3 is 0 Å². The summed E-state index contributed by atoms with van der Waals surface area (Å²) in [5.74, 6) is 0.686. The highest BCUT2D eigenvalue weighted by Gasteiger charge is 2.23. The number of ether oxygens (including phenoxy) is 1. The van der Waals surface area contributed by atoms with Crippen molar-refractivity contribution in [1.29, 1.82) is 5.26 Å². The number of hydrogen-bond acceptors (Lipinski definition) is 4. The van der Waals surface area contributed by atoms with Gasteiger partial charge in [-0.3, -0.25) is 0 Å². The SMILES string of the molecule is COc1cccc(CN(C)S(=O)(=O)N(C)CCC#N)c1. The smallest absolute Gasteiger partial charge is 0.281 e. The summed E-state index contributed by atoms with van der Waals surface area (Å²) in [6.07, 6.45) is 0.169. The molecule has 0 saturated carbocycles. The van der Waals surface area contributed by atoms with E-state index in [0.717, 1.165) is 5.56 Å². The zero-order chi connectivity index (χ0) is 15.2. The third kappa shape index (κ3) is 4.20. The number of rotatable bonds is 7. The highest BCUT2D eigenvalue weighted by Crippen LogP contribution is 2.16.